The van der Waals surface area contributed by atoms with Gasteiger partial charge >= 0.3 is 12.1 Å². The van der Waals surface area contributed by atoms with E-state index in [1.54, 1.807) is 50.2 Å². The second kappa shape index (κ2) is 23.8. The van der Waals surface area contributed by atoms with Gasteiger partial charge in [-0.25, -0.2) is 4.79 Å². The van der Waals surface area contributed by atoms with Gasteiger partial charge in [0.15, 0.2) is 0 Å². The Morgan fingerprint density at radius 3 is 1.70 bits per heavy atom. The Bertz CT molecular complexity index is 1600. The Labute approximate surface area is 334 Å². The zero-order valence-corrected chi connectivity index (χ0v) is 33.9. The topological polar surface area (TPSA) is 253 Å². The van der Waals surface area contributed by atoms with Crippen LogP contribution in [0.15, 0.2) is 54.6 Å². The highest BCUT2D eigenvalue weighted by atomic mass is 16.5. The van der Waals surface area contributed by atoms with E-state index >= 15 is 0 Å². The number of aliphatic carboxylic acids is 1. The number of carboxylic acids is 1. The normalized spacial score (nSPS) is 15.0. The maximum Gasteiger partial charge on any atom is 0.408 e. The molecule has 316 valence electrons. The summed E-state index contributed by atoms with van der Waals surface area (Å²) in [5, 5.41) is 53.6. The molecule has 0 saturated heterocycles. The predicted octanol–water partition coefficient (Wildman–Crippen LogP) is 2.52. The third kappa shape index (κ3) is 18.1. The van der Waals surface area contributed by atoms with Crippen LogP contribution in [0.5, 0.6) is 5.75 Å². The van der Waals surface area contributed by atoms with E-state index in [2.05, 4.69) is 26.6 Å². The van der Waals surface area contributed by atoms with Crippen molar-refractivity contribution in [2.75, 3.05) is 0 Å². The van der Waals surface area contributed by atoms with Crippen LogP contribution in [0.25, 0.3) is 0 Å². The van der Waals surface area contributed by atoms with Gasteiger partial charge in [-0.1, -0.05) is 84.0 Å². The molecule has 16 heteroatoms. The summed E-state index contributed by atoms with van der Waals surface area (Å²) in [4.78, 5) is 77.5. The van der Waals surface area contributed by atoms with Crippen molar-refractivity contribution < 1.29 is 53.9 Å². The van der Waals surface area contributed by atoms with E-state index in [1.807, 2.05) is 33.8 Å². The van der Waals surface area contributed by atoms with Gasteiger partial charge in [0.2, 0.25) is 23.6 Å². The molecule has 0 aromatic heterocycles. The van der Waals surface area contributed by atoms with Crippen LogP contribution in [-0.4, -0.2) is 98.5 Å². The predicted molar refractivity (Wildman–Crippen MR) is 211 cm³/mol. The Morgan fingerprint density at radius 2 is 1.18 bits per heavy atom. The second-order valence-electron chi connectivity index (χ2n) is 15.6. The number of phenolic OH excluding ortho intramolecular Hbond substituents is 1. The number of carboxylic acid groups (broad SMARTS) is 1. The fraction of sp³-hybridized carbons (Fsp3) is 0.561. The molecule has 5 amide bonds. The summed E-state index contributed by atoms with van der Waals surface area (Å²) < 4.78 is 5.34. The Balaban J connectivity index is 2.14. The number of rotatable bonds is 23. The van der Waals surface area contributed by atoms with E-state index in [9.17, 15) is 44.1 Å². The molecule has 2 aromatic carbocycles. The van der Waals surface area contributed by atoms with Gasteiger partial charge < -0.3 is 51.7 Å². The molecule has 2 aromatic rings. The molecule has 16 nitrogen and oxygen atoms in total. The molecule has 0 radical (unpaired) electrons. The van der Waals surface area contributed by atoms with E-state index < -0.39 is 96.9 Å². The lowest BCUT2D eigenvalue weighted by atomic mass is 9.95. The van der Waals surface area contributed by atoms with E-state index in [0.717, 1.165) is 5.56 Å². The minimum absolute atomic E-state index is 0.000524. The molecule has 57 heavy (non-hydrogen) atoms. The fourth-order valence-corrected chi connectivity index (χ4v) is 6.01. The third-order valence-electron chi connectivity index (χ3n) is 9.03. The van der Waals surface area contributed by atoms with Crippen LogP contribution in [0.1, 0.15) is 85.3 Å². The number of amides is 5. The number of ether oxygens (including phenoxy) is 1. The van der Waals surface area contributed by atoms with E-state index in [4.69, 9.17) is 9.84 Å². The summed E-state index contributed by atoms with van der Waals surface area (Å²) in [6, 6.07) is 9.81. The highest BCUT2D eigenvalue weighted by molar-refractivity contribution is 5.92. The van der Waals surface area contributed by atoms with Crippen LogP contribution < -0.4 is 26.6 Å². The summed E-state index contributed by atoms with van der Waals surface area (Å²) in [6.45, 7) is 12.2. The number of phenols is 1. The number of aliphatic hydroxyl groups excluding tert-OH is 2. The van der Waals surface area contributed by atoms with Gasteiger partial charge in [-0.15, -0.1) is 0 Å². The molecular weight excluding hydrogens is 738 g/mol. The number of aromatic hydroxyl groups is 1. The number of benzene rings is 2. The lowest BCUT2D eigenvalue weighted by Gasteiger charge is -2.30. The van der Waals surface area contributed by atoms with Crippen molar-refractivity contribution in [2.24, 2.45) is 17.8 Å². The van der Waals surface area contributed by atoms with Crippen LogP contribution in [0, 0.1) is 17.8 Å². The highest BCUT2D eigenvalue weighted by Crippen LogP contribution is 2.16. The first-order valence-electron chi connectivity index (χ1n) is 19.3. The number of carbonyl (C=O) groups is 6. The molecule has 0 aliphatic heterocycles. The molecule has 0 aliphatic rings. The number of hydrogen-bond donors (Lipinski definition) is 9. The first kappa shape index (κ1) is 47.9. The Morgan fingerprint density at radius 1 is 0.632 bits per heavy atom. The van der Waals surface area contributed by atoms with Gasteiger partial charge in [0.1, 0.15) is 30.5 Å². The van der Waals surface area contributed by atoms with Gasteiger partial charge in [0.25, 0.3) is 0 Å². The number of alkyl carbamates (subject to hydrolysis) is 1. The molecule has 9 N–H and O–H groups in total. The average Bonchev–Trinajstić information content (AvgIpc) is 3.12. The minimum Gasteiger partial charge on any atom is -0.508 e. The Kier molecular flexibility index (Phi) is 20.0. The largest absolute Gasteiger partial charge is 0.508 e. The van der Waals surface area contributed by atoms with E-state index in [1.165, 1.54) is 19.1 Å². The fourth-order valence-electron chi connectivity index (χ4n) is 6.01. The van der Waals surface area contributed by atoms with E-state index in [-0.39, 0.29) is 37.0 Å². The van der Waals surface area contributed by atoms with Crippen molar-refractivity contribution >= 4 is 35.7 Å². The maximum atomic E-state index is 13.8. The van der Waals surface area contributed by atoms with Crippen molar-refractivity contribution in [3.8, 4) is 5.75 Å². The summed E-state index contributed by atoms with van der Waals surface area (Å²) in [6.07, 6.45) is -4.12. The lowest BCUT2D eigenvalue weighted by Crippen LogP contribution is -2.58. The molecule has 0 saturated carbocycles. The van der Waals surface area contributed by atoms with Crippen LogP contribution in [0.3, 0.4) is 0 Å². The third-order valence-corrected chi connectivity index (χ3v) is 9.03. The number of hydrogen-bond acceptors (Lipinski definition) is 10. The van der Waals surface area contributed by atoms with Crippen molar-refractivity contribution in [3.63, 3.8) is 0 Å². The van der Waals surface area contributed by atoms with Gasteiger partial charge in [0.05, 0.1) is 37.1 Å². The first-order valence-corrected chi connectivity index (χ1v) is 19.3. The molecule has 0 aliphatic carbocycles. The average molecular weight is 800 g/mol. The van der Waals surface area contributed by atoms with Crippen LogP contribution in [0.4, 0.5) is 4.79 Å². The smallest absolute Gasteiger partial charge is 0.408 e. The minimum atomic E-state index is -1.40. The molecule has 0 spiro atoms. The molecular formula is C41H61N5O11. The summed E-state index contributed by atoms with van der Waals surface area (Å²) >= 11 is 0. The molecule has 7 unspecified atom stereocenters. The highest BCUT2D eigenvalue weighted by Gasteiger charge is 2.33. The van der Waals surface area contributed by atoms with Crippen LogP contribution >= 0.6 is 0 Å². The van der Waals surface area contributed by atoms with E-state index in [0.29, 0.717) is 12.0 Å². The zero-order chi connectivity index (χ0) is 42.8. The Hall–Kier alpha value is -5.22. The molecule has 0 bridgehead atoms. The molecule has 7 atom stereocenters. The van der Waals surface area contributed by atoms with Gasteiger partial charge in [-0.2, -0.15) is 0 Å². The maximum absolute atomic E-state index is 13.8. The first-order chi connectivity index (χ1) is 26.7. The second-order valence-corrected chi connectivity index (χ2v) is 15.6. The standard InChI is InChI=1S/C41H61N5O11/c1-23(2)17-30(33(48)20-35(50)42-26(7)38(53)43-31(18-24(3)4)34(49)21-36(51)52)44-40(55)37(25(5)6)46-39(54)32(19-27-13-15-29(47)16-14-27)45-41(56)57-22-28-11-9-8-10-12-28/h8-16,23-26,30-34,37,47-49H,17-22H2,1-7H3,(H,42,50)(H,43,53)(H,44,55)(H,45,56)(H,46,54)(H,51,52). The monoisotopic (exact) mass is 799 g/mol. The SMILES string of the molecule is CC(C)CC(NC(=O)C(C)NC(=O)CC(O)C(CC(C)C)NC(=O)C(NC(=O)C(Cc1ccc(O)cc1)NC(=O)OCc1ccccc1)C(C)C)C(O)CC(=O)O. The molecule has 0 fully saturated rings. The summed E-state index contributed by atoms with van der Waals surface area (Å²) in [5.74, 6) is -4.36. The number of carbonyl (C=O) groups excluding carboxylic acids is 5. The molecule has 0 heterocycles. The van der Waals surface area contributed by atoms with Crippen LogP contribution in [-0.2, 0) is 41.7 Å². The summed E-state index contributed by atoms with van der Waals surface area (Å²) in [7, 11) is 0. The van der Waals surface area contributed by atoms with Crippen molar-refractivity contribution in [1.29, 1.82) is 0 Å². The van der Waals surface area contributed by atoms with Crippen molar-refractivity contribution in [2.45, 2.75) is 130 Å². The van der Waals surface area contributed by atoms with Crippen molar-refractivity contribution in [1.82, 2.24) is 26.6 Å². The lowest BCUT2D eigenvalue weighted by molar-refractivity contribution is -0.140. The number of nitrogens with one attached hydrogen (secondary N) is 5. The van der Waals surface area contributed by atoms with Crippen molar-refractivity contribution in [3.05, 3.63) is 65.7 Å². The molecule has 2 rings (SSSR count). The summed E-state index contributed by atoms with van der Waals surface area (Å²) in [5.41, 5.74) is 1.35. The quantitative estimate of drug-likeness (QED) is 0.0790. The zero-order valence-electron chi connectivity index (χ0n) is 33.9. The number of aliphatic hydroxyl groups is 2. The van der Waals surface area contributed by atoms with Gasteiger partial charge in [-0.3, -0.25) is 24.0 Å². The van der Waals surface area contributed by atoms with Gasteiger partial charge in [0, 0.05) is 6.42 Å². The van der Waals surface area contributed by atoms with Gasteiger partial charge in [-0.05, 0) is 60.8 Å². The van der Waals surface area contributed by atoms with Crippen LogP contribution in [0.2, 0.25) is 0 Å².